The predicted octanol–water partition coefficient (Wildman–Crippen LogP) is 4.97. The van der Waals surface area contributed by atoms with Gasteiger partial charge in [0.2, 0.25) is 0 Å². The lowest BCUT2D eigenvalue weighted by molar-refractivity contribution is 0.416. The standard InChI is InChI=1S/C18H25NOS/c1-5-13(3)14-7-9-15(10-8-14)18(19-6-2)17-11-16(20-4)12-21-17/h7-13,18-19H,5-6H2,1-4H3. The zero-order valence-corrected chi connectivity index (χ0v) is 14.2. The first-order chi connectivity index (χ1) is 10.2. The summed E-state index contributed by atoms with van der Waals surface area (Å²) in [6.07, 6.45) is 1.18. The number of nitrogens with one attached hydrogen (secondary N) is 1. The highest BCUT2D eigenvalue weighted by atomic mass is 32.1. The first kappa shape index (κ1) is 16.1. The van der Waals surface area contributed by atoms with Gasteiger partial charge in [-0.1, -0.05) is 45.0 Å². The molecule has 0 saturated carbocycles. The first-order valence-corrected chi connectivity index (χ1v) is 8.53. The molecule has 0 saturated heterocycles. The molecule has 2 nitrogen and oxygen atoms in total. The van der Waals surface area contributed by atoms with E-state index >= 15 is 0 Å². The highest BCUT2D eigenvalue weighted by Gasteiger charge is 2.16. The van der Waals surface area contributed by atoms with Crippen LogP contribution in [0.1, 0.15) is 55.2 Å². The van der Waals surface area contributed by atoms with E-state index in [9.17, 15) is 0 Å². The van der Waals surface area contributed by atoms with Crippen LogP contribution in [-0.2, 0) is 0 Å². The van der Waals surface area contributed by atoms with E-state index < -0.39 is 0 Å². The van der Waals surface area contributed by atoms with Crippen LogP contribution in [0.4, 0.5) is 0 Å². The van der Waals surface area contributed by atoms with E-state index in [0.29, 0.717) is 5.92 Å². The molecule has 2 aromatic rings. The fourth-order valence-corrected chi connectivity index (χ4v) is 3.39. The highest BCUT2D eigenvalue weighted by molar-refractivity contribution is 7.10. The van der Waals surface area contributed by atoms with Gasteiger partial charge >= 0.3 is 0 Å². The molecule has 0 aliphatic heterocycles. The molecule has 1 N–H and O–H groups in total. The van der Waals surface area contributed by atoms with Gasteiger partial charge in [0.25, 0.3) is 0 Å². The molecule has 1 aromatic heterocycles. The molecule has 3 heteroatoms. The van der Waals surface area contributed by atoms with Gasteiger partial charge in [0.05, 0.1) is 13.2 Å². The molecule has 0 aliphatic carbocycles. The average molecular weight is 303 g/mol. The number of hydrogen-bond acceptors (Lipinski definition) is 3. The molecule has 2 rings (SSSR count). The van der Waals surface area contributed by atoms with Crippen LogP contribution >= 0.6 is 11.3 Å². The van der Waals surface area contributed by atoms with Gasteiger partial charge in [0, 0.05) is 10.3 Å². The summed E-state index contributed by atoms with van der Waals surface area (Å²) in [5.74, 6) is 1.56. The van der Waals surface area contributed by atoms with Crippen LogP contribution in [0.2, 0.25) is 0 Å². The van der Waals surface area contributed by atoms with E-state index in [1.54, 1.807) is 18.4 Å². The van der Waals surface area contributed by atoms with E-state index in [2.05, 4.69) is 61.8 Å². The first-order valence-electron chi connectivity index (χ1n) is 7.65. The Morgan fingerprint density at radius 3 is 2.33 bits per heavy atom. The third-order valence-corrected chi connectivity index (χ3v) is 4.95. The number of ether oxygens (including phenoxy) is 1. The van der Waals surface area contributed by atoms with Crippen LogP contribution in [0.3, 0.4) is 0 Å². The summed E-state index contributed by atoms with van der Waals surface area (Å²) in [5, 5.41) is 5.63. The topological polar surface area (TPSA) is 21.3 Å². The van der Waals surface area contributed by atoms with Gasteiger partial charge in [-0.15, -0.1) is 11.3 Å². The second-order valence-electron chi connectivity index (χ2n) is 5.36. The Balaban J connectivity index is 2.25. The summed E-state index contributed by atoms with van der Waals surface area (Å²) in [7, 11) is 1.72. The number of hydrogen-bond donors (Lipinski definition) is 1. The molecule has 1 heterocycles. The SMILES string of the molecule is CCNC(c1ccc(C(C)CC)cc1)c1cc(OC)cs1. The van der Waals surface area contributed by atoms with Gasteiger partial charge in [-0.25, -0.2) is 0 Å². The quantitative estimate of drug-likeness (QED) is 0.780. The molecule has 0 spiro atoms. The molecule has 0 bridgehead atoms. The van der Waals surface area contributed by atoms with Crippen molar-refractivity contribution in [2.24, 2.45) is 0 Å². The Labute approximate surface area is 132 Å². The molecule has 114 valence electrons. The average Bonchev–Trinajstić information content (AvgIpc) is 3.01. The molecule has 1 aromatic carbocycles. The van der Waals surface area contributed by atoms with Crippen molar-refractivity contribution in [3.8, 4) is 5.75 Å². The monoisotopic (exact) mass is 303 g/mol. The van der Waals surface area contributed by atoms with Crippen LogP contribution in [0.5, 0.6) is 5.75 Å². The van der Waals surface area contributed by atoms with E-state index in [0.717, 1.165) is 12.3 Å². The summed E-state index contributed by atoms with van der Waals surface area (Å²) in [6, 6.07) is 11.4. The van der Waals surface area contributed by atoms with Crippen molar-refractivity contribution in [3.05, 3.63) is 51.7 Å². The summed E-state index contributed by atoms with van der Waals surface area (Å²) >= 11 is 1.74. The number of rotatable bonds is 7. The molecule has 2 unspecified atom stereocenters. The molecular weight excluding hydrogens is 278 g/mol. The van der Waals surface area contributed by atoms with Crippen LogP contribution in [0.15, 0.2) is 35.7 Å². The minimum atomic E-state index is 0.245. The third kappa shape index (κ3) is 3.86. The summed E-state index contributed by atoms with van der Waals surface area (Å²) < 4.78 is 5.31. The fraction of sp³-hybridized carbons (Fsp3) is 0.444. The molecule has 2 atom stereocenters. The van der Waals surface area contributed by atoms with E-state index in [1.807, 2.05) is 0 Å². The van der Waals surface area contributed by atoms with Gasteiger partial charge in [-0.05, 0) is 36.1 Å². The number of thiophene rings is 1. The Morgan fingerprint density at radius 1 is 1.14 bits per heavy atom. The van der Waals surface area contributed by atoms with Crippen molar-refractivity contribution < 1.29 is 4.74 Å². The lowest BCUT2D eigenvalue weighted by Gasteiger charge is -2.18. The molecule has 0 aliphatic rings. The molecule has 0 amide bonds. The maximum atomic E-state index is 5.31. The normalized spacial score (nSPS) is 13.9. The Kier molecular flexibility index (Phi) is 5.83. The number of methoxy groups -OCH3 is 1. The van der Waals surface area contributed by atoms with Crippen molar-refractivity contribution in [3.63, 3.8) is 0 Å². The Morgan fingerprint density at radius 2 is 1.81 bits per heavy atom. The molecule has 21 heavy (non-hydrogen) atoms. The van der Waals surface area contributed by atoms with Gasteiger partial charge in [-0.3, -0.25) is 0 Å². The molecular formula is C18H25NOS. The van der Waals surface area contributed by atoms with E-state index in [-0.39, 0.29) is 6.04 Å². The maximum Gasteiger partial charge on any atom is 0.129 e. The summed E-state index contributed by atoms with van der Waals surface area (Å²) in [5.41, 5.74) is 2.73. The van der Waals surface area contributed by atoms with Crippen molar-refractivity contribution in [2.75, 3.05) is 13.7 Å². The zero-order valence-electron chi connectivity index (χ0n) is 13.3. The van der Waals surface area contributed by atoms with Crippen molar-refractivity contribution in [2.45, 2.75) is 39.2 Å². The largest absolute Gasteiger partial charge is 0.496 e. The number of benzene rings is 1. The second-order valence-corrected chi connectivity index (χ2v) is 6.30. The van der Waals surface area contributed by atoms with Crippen LogP contribution in [0.25, 0.3) is 0 Å². The minimum absolute atomic E-state index is 0.245. The van der Waals surface area contributed by atoms with Gasteiger partial charge in [0.1, 0.15) is 5.75 Å². The van der Waals surface area contributed by atoms with Gasteiger partial charge in [-0.2, -0.15) is 0 Å². The van der Waals surface area contributed by atoms with Gasteiger partial charge in [0.15, 0.2) is 0 Å². The Bertz CT molecular complexity index is 547. The lowest BCUT2D eigenvalue weighted by Crippen LogP contribution is -2.21. The Hall–Kier alpha value is -1.32. The predicted molar refractivity (Wildman–Crippen MR) is 91.5 cm³/mol. The fourth-order valence-electron chi connectivity index (χ4n) is 2.43. The molecule has 0 fully saturated rings. The second kappa shape index (κ2) is 7.62. The van der Waals surface area contributed by atoms with Crippen LogP contribution in [-0.4, -0.2) is 13.7 Å². The van der Waals surface area contributed by atoms with Crippen molar-refractivity contribution in [1.82, 2.24) is 5.32 Å². The van der Waals surface area contributed by atoms with E-state index in [1.165, 1.54) is 22.4 Å². The van der Waals surface area contributed by atoms with Gasteiger partial charge < -0.3 is 10.1 Å². The highest BCUT2D eigenvalue weighted by Crippen LogP contribution is 2.31. The van der Waals surface area contributed by atoms with Crippen molar-refractivity contribution in [1.29, 1.82) is 0 Å². The minimum Gasteiger partial charge on any atom is -0.496 e. The summed E-state index contributed by atoms with van der Waals surface area (Å²) in [6.45, 7) is 7.60. The van der Waals surface area contributed by atoms with Crippen LogP contribution < -0.4 is 10.1 Å². The maximum absolute atomic E-state index is 5.31. The lowest BCUT2D eigenvalue weighted by atomic mass is 9.95. The third-order valence-electron chi connectivity index (χ3n) is 3.98. The summed E-state index contributed by atoms with van der Waals surface area (Å²) in [4.78, 5) is 1.30. The molecule has 0 radical (unpaired) electrons. The zero-order chi connectivity index (χ0) is 15.2. The van der Waals surface area contributed by atoms with Crippen molar-refractivity contribution >= 4 is 11.3 Å². The van der Waals surface area contributed by atoms with E-state index in [4.69, 9.17) is 4.74 Å². The smallest absolute Gasteiger partial charge is 0.129 e. The van der Waals surface area contributed by atoms with Crippen LogP contribution in [0, 0.1) is 0 Å².